The topological polar surface area (TPSA) is 183 Å². The third-order valence-corrected chi connectivity index (χ3v) is 6.08. The molecule has 0 spiro atoms. The molecule has 0 saturated carbocycles. The zero-order valence-electron chi connectivity index (χ0n) is 18.4. The number of hydrogen-bond acceptors (Lipinski definition) is 12. The van der Waals surface area contributed by atoms with Gasteiger partial charge in [0, 0.05) is 11.6 Å². The standard InChI is InChI=1S/C23H23N5O7/c24-23(20(32)13-4-2-1-3-5-13)19-21(25-11-27-23)28(12-26-19)18-9-22(33,17(10-29)34-18)35-16-8-14(30)6-7-15(16)31/h1-8,11,17-18,29-31,33H,9-10,12,24H2/t17-,18-,22-,23?/m1/s1. The highest BCUT2D eigenvalue weighted by molar-refractivity contribution is 6.52. The predicted octanol–water partition coefficient (Wildman–Crippen LogP) is -0.0351. The molecule has 3 aliphatic heterocycles. The number of phenols is 2. The van der Waals surface area contributed by atoms with Gasteiger partial charge in [-0.05, 0) is 12.1 Å². The Labute approximate surface area is 199 Å². The number of rotatable bonds is 6. The highest BCUT2D eigenvalue weighted by atomic mass is 16.7. The number of benzene rings is 2. The number of ketones is 1. The molecule has 0 aromatic heterocycles. The number of nitrogens with two attached hydrogens (primary N) is 1. The van der Waals surface area contributed by atoms with Gasteiger partial charge in [0.05, 0.1) is 13.0 Å². The van der Waals surface area contributed by atoms with Gasteiger partial charge >= 0.3 is 0 Å². The summed E-state index contributed by atoms with van der Waals surface area (Å²) in [5, 5.41) is 40.8. The average molecular weight is 481 g/mol. The molecule has 1 saturated heterocycles. The van der Waals surface area contributed by atoms with Crippen molar-refractivity contribution in [3.8, 4) is 17.2 Å². The number of aromatic hydroxyl groups is 2. The van der Waals surface area contributed by atoms with Crippen molar-refractivity contribution in [2.45, 2.75) is 30.2 Å². The van der Waals surface area contributed by atoms with E-state index in [0.717, 1.165) is 6.07 Å². The first-order valence-electron chi connectivity index (χ1n) is 10.8. The number of hydrogen-bond donors (Lipinski definition) is 5. The van der Waals surface area contributed by atoms with E-state index in [-0.39, 0.29) is 41.9 Å². The van der Waals surface area contributed by atoms with E-state index in [9.17, 15) is 25.2 Å². The van der Waals surface area contributed by atoms with E-state index < -0.39 is 36.2 Å². The van der Waals surface area contributed by atoms with Crippen LogP contribution in [0.5, 0.6) is 17.2 Å². The lowest BCUT2D eigenvalue weighted by Gasteiger charge is -2.30. The van der Waals surface area contributed by atoms with Crippen molar-refractivity contribution in [1.29, 1.82) is 0 Å². The van der Waals surface area contributed by atoms with E-state index in [1.54, 1.807) is 35.2 Å². The number of carbonyl (C=O) groups is 1. The molecule has 1 unspecified atom stereocenters. The Hall–Kier alpha value is -3.84. The van der Waals surface area contributed by atoms with Crippen LogP contribution in [0.15, 0.2) is 63.5 Å². The zero-order chi connectivity index (χ0) is 24.8. The second-order valence-corrected chi connectivity index (χ2v) is 8.34. The van der Waals surface area contributed by atoms with Gasteiger partial charge in [0.25, 0.3) is 0 Å². The Morgan fingerprint density at radius 2 is 2.00 bits per heavy atom. The number of ether oxygens (including phenoxy) is 2. The smallest absolute Gasteiger partial charge is 0.241 e. The summed E-state index contributed by atoms with van der Waals surface area (Å²) in [5.41, 5.74) is 5.15. The summed E-state index contributed by atoms with van der Waals surface area (Å²) in [6.07, 6.45) is -1.08. The molecule has 6 N–H and O–H groups in total. The molecule has 2 aromatic carbocycles. The Balaban J connectivity index is 1.38. The second-order valence-electron chi connectivity index (χ2n) is 8.34. The lowest BCUT2D eigenvalue weighted by molar-refractivity contribution is -0.185. The molecular formula is C23H23N5O7. The summed E-state index contributed by atoms with van der Waals surface area (Å²) in [6, 6.07) is 12.1. The van der Waals surface area contributed by atoms with Crippen molar-refractivity contribution < 1.29 is 34.7 Å². The number of Topliss-reactive ketones (excluding diaryl/α,β-unsaturated/α-hetero) is 1. The monoisotopic (exact) mass is 481 g/mol. The van der Waals surface area contributed by atoms with Crippen LogP contribution in [-0.4, -0.2) is 86.1 Å². The van der Waals surface area contributed by atoms with Crippen LogP contribution in [0.1, 0.15) is 16.8 Å². The van der Waals surface area contributed by atoms with Gasteiger partial charge in [-0.25, -0.2) is 9.98 Å². The number of nitrogens with zero attached hydrogens (tertiary/aromatic N) is 4. The minimum absolute atomic E-state index is 0.00875. The molecule has 3 aliphatic rings. The molecule has 0 bridgehead atoms. The van der Waals surface area contributed by atoms with Gasteiger partial charge in [-0.1, -0.05) is 30.3 Å². The fourth-order valence-corrected chi connectivity index (χ4v) is 4.26. The van der Waals surface area contributed by atoms with Gasteiger partial charge in [0.15, 0.2) is 17.3 Å². The molecule has 5 rings (SSSR count). The number of aliphatic hydroxyl groups excluding tert-OH is 1. The van der Waals surface area contributed by atoms with Crippen molar-refractivity contribution >= 4 is 23.7 Å². The van der Waals surface area contributed by atoms with Gasteiger partial charge in [-0.2, -0.15) is 0 Å². The summed E-state index contributed by atoms with van der Waals surface area (Å²) in [5.74, 6) is -2.96. The third-order valence-electron chi connectivity index (χ3n) is 6.08. The number of fused-ring (bicyclic) bond motifs is 1. The Morgan fingerprint density at radius 3 is 2.74 bits per heavy atom. The van der Waals surface area contributed by atoms with Gasteiger partial charge in [-0.15, -0.1) is 0 Å². The van der Waals surface area contributed by atoms with Crippen molar-refractivity contribution in [2.75, 3.05) is 13.3 Å². The Kier molecular flexibility index (Phi) is 5.52. The maximum atomic E-state index is 13.2. The third kappa shape index (κ3) is 3.82. The molecule has 3 heterocycles. The fourth-order valence-electron chi connectivity index (χ4n) is 4.26. The predicted molar refractivity (Wildman–Crippen MR) is 123 cm³/mol. The normalized spacial score (nSPS) is 29.5. The molecule has 4 atom stereocenters. The Morgan fingerprint density at radius 1 is 1.23 bits per heavy atom. The first-order chi connectivity index (χ1) is 16.7. The minimum atomic E-state index is -2.06. The van der Waals surface area contributed by atoms with E-state index in [0.29, 0.717) is 5.56 Å². The van der Waals surface area contributed by atoms with Gasteiger partial charge in [0.2, 0.25) is 17.2 Å². The molecule has 35 heavy (non-hydrogen) atoms. The number of amidine groups is 1. The van der Waals surface area contributed by atoms with Crippen LogP contribution in [0.25, 0.3) is 0 Å². The van der Waals surface area contributed by atoms with E-state index in [2.05, 4.69) is 15.0 Å². The van der Waals surface area contributed by atoms with Crippen LogP contribution in [0.4, 0.5) is 0 Å². The van der Waals surface area contributed by atoms with Crippen LogP contribution in [0, 0.1) is 0 Å². The zero-order valence-corrected chi connectivity index (χ0v) is 18.4. The molecule has 12 heteroatoms. The quantitative estimate of drug-likeness (QED) is 0.215. The number of aliphatic hydroxyl groups is 2. The lowest BCUT2D eigenvalue weighted by Crippen LogP contribution is -2.59. The summed E-state index contributed by atoms with van der Waals surface area (Å²) < 4.78 is 11.4. The molecule has 0 aliphatic carbocycles. The van der Waals surface area contributed by atoms with Crippen LogP contribution >= 0.6 is 0 Å². The number of carbonyl (C=O) groups excluding carboxylic acids is 1. The first kappa shape index (κ1) is 22.9. The lowest BCUT2D eigenvalue weighted by atomic mass is 9.93. The highest BCUT2D eigenvalue weighted by Crippen LogP contribution is 2.40. The Bertz CT molecular complexity index is 1250. The van der Waals surface area contributed by atoms with Gasteiger partial charge in [-0.3, -0.25) is 15.5 Å². The fraction of sp³-hybridized carbons (Fsp3) is 0.304. The molecule has 12 nitrogen and oxygen atoms in total. The summed E-state index contributed by atoms with van der Waals surface area (Å²) in [7, 11) is 0. The SMILES string of the molecule is NC1(C(=O)c2ccccc2)N=CN=C2C1=NCN2[C@H]1C[C@@](O)(Oc2cc(O)ccc2O)[C@@H](CO)O1. The second kappa shape index (κ2) is 8.43. The van der Waals surface area contributed by atoms with E-state index in [1.165, 1.54) is 18.5 Å². The summed E-state index contributed by atoms with van der Waals surface area (Å²) in [4.78, 5) is 27.6. The molecule has 0 radical (unpaired) electrons. The average Bonchev–Trinajstić information content (AvgIpc) is 3.43. The maximum Gasteiger partial charge on any atom is 0.241 e. The van der Waals surface area contributed by atoms with Crippen molar-refractivity contribution in [2.24, 2.45) is 20.7 Å². The molecule has 0 amide bonds. The van der Waals surface area contributed by atoms with Crippen LogP contribution in [-0.2, 0) is 4.74 Å². The molecular weight excluding hydrogens is 458 g/mol. The number of aliphatic imine (C=N–C) groups is 3. The maximum absolute atomic E-state index is 13.2. The largest absolute Gasteiger partial charge is 0.508 e. The van der Waals surface area contributed by atoms with Crippen LogP contribution in [0.2, 0.25) is 0 Å². The first-order valence-corrected chi connectivity index (χ1v) is 10.8. The van der Waals surface area contributed by atoms with E-state index in [1.807, 2.05) is 0 Å². The summed E-state index contributed by atoms with van der Waals surface area (Å²) in [6.45, 7) is -0.593. The van der Waals surface area contributed by atoms with Crippen LogP contribution in [0.3, 0.4) is 0 Å². The molecule has 2 aromatic rings. The van der Waals surface area contributed by atoms with Crippen molar-refractivity contribution in [3.05, 3.63) is 54.1 Å². The molecule has 1 fully saturated rings. The van der Waals surface area contributed by atoms with Crippen LogP contribution < -0.4 is 10.5 Å². The highest BCUT2D eigenvalue weighted by Gasteiger charge is 2.55. The summed E-state index contributed by atoms with van der Waals surface area (Å²) >= 11 is 0. The number of phenolic OH excluding ortho intramolecular Hbond substituents is 2. The van der Waals surface area contributed by atoms with Crippen molar-refractivity contribution in [1.82, 2.24) is 4.90 Å². The van der Waals surface area contributed by atoms with Crippen molar-refractivity contribution in [3.63, 3.8) is 0 Å². The van der Waals surface area contributed by atoms with Gasteiger partial charge in [0.1, 0.15) is 36.8 Å². The van der Waals surface area contributed by atoms with Gasteiger partial charge < -0.3 is 34.8 Å². The van der Waals surface area contributed by atoms with E-state index in [4.69, 9.17) is 15.2 Å². The minimum Gasteiger partial charge on any atom is -0.508 e. The van der Waals surface area contributed by atoms with E-state index >= 15 is 0 Å². The molecule has 182 valence electrons.